The van der Waals surface area contributed by atoms with Crippen LogP contribution in [-0.2, 0) is 15.6 Å². The van der Waals surface area contributed by atoms with Crippen molar-refractivity contribution >= 4 is 20.6 Å². The fraction of sp³-hybridized carbons (Fsp3) is 0.143. The maximum absolute atomic E-state index is 11.2. The molecule has 108 valence electrons. The average molecular weight is 304 g/mol. The van der Waals surface area contributed by atoms with Crippen molar-refractivity contribution in [1.82, 2.24) is 10.1 Å². The van der Waals surface area contributed by atoms with Gasteiger partial charge in [0, 0.05) is 11.6 Å². The minimum absolute atomic E-state index is 0.0302. The summed E-state index contributed by atoms with van der Waals surface area (Å²) in [6, 6.07) is 10.8. The molecule has 0 aliphatic heterocycles. The number of aromatic hydroxyl groups is 1. The van der Waals surface area contributed by atoms with Crippen molar-refractivity contribution in [3.8, 4) is 17.2 Å². The first-order valence-corrected chi connectivity index (χ1v) is 8.21. The van der Waals surface area contributed by atoms with Gasteiger partial charge >= 0.3 is 0 Å². The summed E-state index contributed by atoms with van der Waals surface area (Å²) in [7, 11) is -3.24. The van der Waals surface area contributed by atoms with Crippen molar-refractivity contribution in [3.63, 3.8) is 0 Å². The second kappa shape index (κ2) is 4.85. The Hall–Kier alpha value is -2.41. The fourth-order valence-corrected chi connectivity index (χ4v) is 2.67. The van der Waals surface area contributed by atoms with Crippen molar-refractivity contribution in [1.29, 1.82) is 0 Å². The van der Waals surface area contributed by atoms with Crippen molar-refractivity contribution in [2.24, 2.45) is 0 Å². The predicted octanol–water partition coefficient (Wildman–Crippen LogP) is 2.14. The number of hydrogen-bond donors (Lipinski definition) is 1. The second-order valence-electron chi connectivity index (χ2n) is 4.77. The molecule has 0 radical (unpaired) electrons. The number of phenols is 1. The number of benzene rings is 2. The highest BCUT2D eigenvalue weighted by molar-refractivity contribution is 7.89. The van der Waals surface area contributed by atoms with Crippen LogP contribution in [0.25, 0.3) is 22.2 Å². The molecule has 7 heteroatoms. The highest BCUT2D eigenvalue weighted by Crippen LogP contribution is 2.34. The van der Waals surface area contributed by atoms with Crippen LogP contribution in [0, 0.1) is 0 Å². The van der Waals surface area contributed by atoms with Gasteiger partial charge in [0.15, 0.2) is 15.7 Å². The summed E-state index contributed by atoms with van der Waals surface area (Å²) in [5, 5.41) is 15.5. The van der Waals surface area contributed by atoms with E-state index in [1.807, 2.05) is 24.3 Å². The Kier molecular flexibility index (Phi) is 3.13. The normalized spacial score (nSPS) is 11.9. The zero-order valence-corrected chi connectivity index (χ0v) is 12.0. The summed E-state index contributed by atoms with van der Waals surface area (Å²) in [5.41, 5.74) is 0.376. The van der Waals surface area contributed by atoms with Crippen molar-refractivity contribution < 1.29 is 18.0 Å². The molecule has 0 aliphatic carbocycles. The van der Waals surface area contributed by atoms with Crippen LogP contribution in [0.15, 0.2) is 40.9 Å². The van der Waals surface area contributed by atoms with Gasteiger partial charge in [-0.15, -0.1) is 0 Å². The van der Waals surface area contributed by atoms with Crippen LogP contribution in [0.5, 0.6) is 5.75 Å². The van der Waals surface area contributed by atoms with Crippen LogP contribution in [0.4, 0.5) is 0 Å². The summed E-state index contributed by atoms with van der Waals surface area (Å²) in [6.45, 7) is 0. The minimum atomic E-state index is -3.24. The molecular weight excluding hydrogens is 292 g/mol. The molecule has 21 heavy (non-hydrogen) atoms. The van der Waals surface area contributed by atoms with Gasteiger partial charge in [-0.25, -0.2) is 8.42 Å². The van der Waals surface area contributed by atoms with Gasteiger partial charge in [0.05, 0.1) is 5.56 Å². The number of fused-ring (bicyclic) bond motifs is 1. The number of nitrogens with zero attached hydrogens (tertiary/aromatic N) is 2. The van der Waals surface area contributed by atoms with Gasteiger partial charge in [-0.2, -0.15) is 4.98 Å². The van der Waals surface area contributed by atoms with Crippen LogP contribution < -0.4 is 0 Å². The summed E-state index contributed by atoms with van der Waals surface area (Å²) in [5.74, 6) is -0.107. The lowest BCUT2D eigenvalue weighted by molar-refractivity contribution is 0.420. The molecule has 1 N–H and O–H groups in total. The van der Waals surface area contributed by atoms with Gasteiger partial charge in [-0.05, 0) is 11.5 Å². The van der Waals surface area contributed by atoms with Gasteiger partial charge < -0.3 is 9.63 Å². The lowest BCUT2D eigenvalue weighted by Gasteiger charge is -2.04. The second-order valence-corrected chi connectivity index (χ2v) is 6.91. The van der Waals surface area contributed by atoms with E-state index in [1.54, 1.807) is 12.1 Å². The molecule has 0 spiro atoms. The van der Waals surface area contributed by atoms with Crippen molar-refractivity contribution in [3.05, 3.63) is 42.2 Å². The van der Waals surface area contributed by atoms with E-state index in [1.165, 1.54) is 0 Å². The van der Waals surface area contributed by atoms with E-state index >= 15 is 0 Å². The zero-order chi connectivity index (χ0) is 15.0. The average Bonchev–Trinajstić information content (AvgIpc) is 2.85. The highest BCUT2D eigenvalue weighted by atomic mass is 32.2. The summed E-state index contributed by atoms with van der Waals surface area (Å²) >= 11 is 0. The molecule has 0 unspecified atom stereocenters. The first-order valence-electron chi connectivity index (χ1n) is 6.15. The summed E-state index contributed by atoms with van der Waals surface area (Å²) in [4.78, 5) is 4.02. The molecule has 0 amide bonds. The Morgan fingerprint density at radius 3 is 2.71 bits per heavy atom. The third kappa shape index (κ3) is 2.73. The van der Waals surface area contributed by atoms with E-state index in [-0.39, 0.29) is 23.2 Å². The molecule has 0 bridgehead atoms. The molecule has 0 atom stereocenters. The van der Waals surface area contributed by atoms with Gasteiger partial charge in [-0.3, -0.25) is 0 Å². The lowest BCUT2D eigenvalue weighted by atomic mass is 10.1. The van der Waals surface area contributed by atoms with Crippen LogP contribution in [0.3, 0.4) is 0 Å². The number of rotatable bonds is 3. The SMILES string of the molecule is CS(=O)(=O)Cc1noc(-c2ccc3ccccc3c2O)n1. The van der Waals surface area contributed by atoms with E-state index in [4.69, 9.17) is 4.52 Å². The summed E-state index contributed by atoms with van der Waals surface area (Å²) < 4.78 is 27.5. The minimum Gasteiger partial charge on any atom is -0.506 e. The molecule has 0 saturated heterocycles. The fourth-order valence-electron chi connectivity index (χ4n) is 2.08. The highest BCUT2D eigenvalue weighted by Gasteiger charge is 2.17. The lowest BCUT2D eigenvalue weighted by Crippen LogP contribution is -2.02. The smallest absolute Gasteiger partial charge is 0.261 e. The molecule has 1 aromatic heterocycles. The molecule has 0 saturated carbocycles. The first-order chi connectivity index (χ1) is 9.94. The third-order valence-corrected chi connectivity index (χ3v) is 3.77. The molecule has 0 aliphatic rings. The molecule has 6 nitrogen and oxygen atoms in total. The van der Waals surface area contributed by atoms with E-state index in [0.29, 0.717) is 10.9 Å². The van der Waals surface area contributed by atoms with E-state index < -0.39 is 9.84 Å². The largest absolute Gasteiger partial charge is 0.506 e. The van der Waals surface area contributed by atoms with Crippen LogP contribution in [-0.4, -0.2) is 29.9 Å². The molecular formula is C14H12N2O4S. The quantitative estimate of drug-likeness (QED) is 0.796. The molecule has 2 aromatic carbocycles. The van der Waals surface area contributed by atoms with E-state index in [2.05, 4.69) is 10.1 Å². The van der Waals surface area contributed by atoms with E-state index in [0.717, 1.165) is 11.6 Å². The van der Waals surface area contributed by atoms with Crippen LogP contribution >= 0.6 is 0 Å². The maximum Gasteiger partial charge on any atom is 0.261 e. The molecule has 0 fully saturated rings. The number of sulfone groups is 1. The predicted molar refractivity (Wildman–Crippen MR) is 77.5 cm³/mol. The van der Waals surface area contributed by atoms with Crippen molar-refractivity contribution in [2.75, 3.05) is 6.26 Å². The van der Waals surface area contributed by atoms with Gasteiger partial charge in [0.2, 0.25) is 0 Å². The Labute approximate surface area is 121 Å². The van der Waals surface area contributed by atoms with Crippen molar-refractivity contribution in [2.45, 2.75) is 5.75 Å². The first kappa shape index (κ1) is 13.6. The van der Waals surface area contributed by atoms with Crippen LogP contribution in [0.2, 0.25) is 0 Å². The standard InChI is InChI=1S/C14H12N2O4S/c1-21(18,19)8-12-15-14(20-16-12)11-7-6-9-4-2-3-5-10(9)13(11)17/h2-7,17H,8H2,1H3. The Morgan fingerprint density at radius 1 is 1.19 bits per heavy atom. The number of phenolic OH excluding ortho intramolecular Hbond substituents is 1. The third-order valence-electron chi connectivity index (χ3n) is 2.99. The number of hydrogen-bond acceptors (Lipinski definition) is 6. The molecule has 3 rings (SSSR count). The van der Waals surface area contributed by atoms with Gasteiger partial charge in [0.1, 0.15) is 11.5 Å². The molecule has 3 aromatic rings. The topological polar surface area (TPSA) is 93.3 Å². The Morgan fingerprint density at radius 2 is 1.95 bits per heavy atom. The maximum atomic E-state index is 11.2. The summed E-state index contributed by atoms with van der Waals surface area (Å²) in [6.07, 6.45) is 1.09. The Balaban J connectivity index is 2.07. The zero-order valence-electron chi connectivity index (χ0n) is 11.1. The van der Waals surface area contributed by atoms with Crippen LogP contribution in [0.1, 0.15) is 5.82 Å². The monoisotopic (exact) mass is 304 g/mol. The van der Waals surface area contributed by atoms with Gasteiger partial charge in [-0.1, -0.05) is 35.5 Å². The Bertz CT molecular complexity index is 916. The number of aromatic nitrogens is 2. The van der Waals surface area contributed by atoms with Gasteiger partial charge in [0.25, 0.3) is 5.89 Å². The molecule has 1 heterocycles. The van der Waals surface area contributed by atoms with E-state index in [9.17, 15) is 13.5 Å².